The zero-order valence-corrected chi connectivity index (χ0v) is 11.4. The molecular weight excluding hydrogens is 285 g/mol. The number of rotatable bonds is 4. The molecule has 1 unspecified atom stereocenters. The van der Waals surface area contributed by atoms with Crippen LogP contribution in [0.4, 0.5) is 4.39 Å². The number of hydrogen-bond donors (Lipinski definition) is 2. The van der Waals surface area contributed by atoms with E-state index < -0.39 is 5.60 Å². The molecule has 1 atom stereocenters. The Labute approximate surface area is 109 Å². The van der Waals surface area contributed by atoms with Gasteiger partial charge in [-0.3, -0.25) is 0 Å². The largest absolute Gasteiger partial charge is 0.389 e. The van der Waals surface area contributed by atoms with Crippen LogP contribution >= 0.6 is 15.9 Å². The summed E-state index contributed by atoms with van der Waals surface area (Å²) in [4.78, 5) is 0. The first kappa shape index (κ1) is 13.0. The molecule has 1 aromatic carbocycles. The van der Waals surface area contributed by atoms with E-state index in [-0.39, 0.29) is 11.9 Å². The molecule has 0 aliphatic heterocycles. The van der Waals surface area contributed by atoms with Crippen molar-refractivity contribution in [2.75, 3.05) is 6.54 Å². The summed E-state index contributed by atoms with van der Waals surface area (Å²) in [6.07, 6.45) is 2.86. The molecule has 1 aliphatic carbocycles. The normalized spacial score (nSPS) is 19.8. The molecule has 1 saturated carbocycles. The van der Waals surface area contributed by atoms with Crippen molar-refractivity contribution < 1.29 is 9.50 Å². The molecule has 94 valence electrons. The second kappa shape index (κ2) is 5.04. The molecule has 0 saturated heterocycles. The molecule has 0 aromatic heterocycles. The van der Waals surface area contributed by atoms with Gasteiger partial charge in [0.05, 0.1) is 10.1 Å². The summed E-state index contributed by atoms with van der Waals surface area (Å²) < 4.78 is 13.6. The minimum absolute atomic E-state index is 0.108. The highest BCUT2D eigenvalue weighted by atomic mass is 79.9. The number of nitrogens with one attached hydrogen (secondary N) is 1. The van der Waals surface area contributed by atoms with Crippen LogP contribution in [-0.4, -0.2) is 17.3 Å². The first-order valence-electron chi connectivity index (χ1n) is 5.91. The molecule has 0 bridgehead atoms. The van der Waals surface area contributed by atoms with E-state index in [2.05, 4.69) is 21.2 Å². The molecular formula is C13H17BrFNO. The van der Waals surface area contributed by atoms with Crippen LogP contribution in [0.5, 0.6) is 0 Å². The standard InChI is InChI=1S/C13H17BrFNO/c1-9(16-8-13(17)5-2-6-13)10-3-4-12(15)11(14)7-10/h3-4,7,9,16-17H,2,5-6,8H2,1H3. The van der Waals surface area contributed by atoms with Crippen molar-refractivity contribution in [1.82, 2.24) is 5.32 Å². The van der Waals surface area contributed by atoms with Gasteiger partial charge in [-0.25, -0.2) is 4.39 Å². The van der Waals surface area contributed by atoms with Crippen molar-refractivity contribution in [3.05, 3.63) is 34.1 Å². The van der Waals surface area contributed by atoms with Gasteiger partial charge in [0.25, 0.3) is 0 Å². The molecule has 0 heterocycles. The van der Waals surface area contributed by atoms with Gasteiger partial charge >= 0.3 is 0 Å². The molecule has 0 spiro atoms. The van der Waals surface area contributed by atoms with Crippen LogP contribution < -0.4 is 5.32 Å². The molecule has 1 aliphatic rings. The third kappa shape index (κ3) is 3.06. The zero-order chi connectivity index (χ0) is 12.5. The Kier molecular flexibility index (Phi) is 3.85. The van der Waals surface area contributed by atoms with Gasteiger partial charge in [0.1, 0.15) is 5.82 Å². The van der Waals surface area contributed by atoms with Gasteiger partial charge in [-0.1, -0.05) is 6.07 Å². The maximum absolute atomic E-state index is 13.1. The van der Waals surface area contributed by atoms with Crippen molar-refractivity contribution in [1.29, 1.82) is 0 Å². The van der Waals surface area contributed by atoms with Crippen molar-refractivity contribution >= 4 is 15.9 Å². The van der Waals surface area contributed by atoms with Crippen molar-refractivity contribution in [3.63, 3.8) is 0 Å². The molecule has 2 N–H and O–H groups in total. The van der Waals surface area contributed by atoms with Crippen LogP contribution in [-0.2, 0) is 0 Å². The summed E-state index contributed by atoms with van der Waals surface area (Å²) in [5, 5.41) is 13.3. The van der Waals surface area contributed by atoms with Gasteiger partial charge in [-0.2, -0.15) is 0 Å². The number of hydrogen-bond acceptors (Lipinski definition) is 2. The number of aliphatic hydroxyl groups is 1. The minimum atomic E-state index is -0.522. The van der Waals surface area contributed by atoms with Gasteiger partial charge in [0, 0.05) is 12.6 Å². The molecule has 2 rings (SSSR count). The summed E-state index contributed by atoms with van der Waals surface area (Å²) in [5.74, 6) is -0.251. The van der Waals surface area contributed by atoms with Gasteiger partial charge in [0.2, 0.25) is 0 Å². The third-order valence-corrected chi connectivity index (χ3v) is 4.07. The highest BCUT2D eigenvalue weighted by Gasteiger charge is 2.34. The Balaban J connectivity index is 1.94. The molecule has 0 radical (unpaired) electrons. The minimum Gasteiger partial charge on any atom is -0.389 e. The molecule has 17 heavy (non-hydrogen) atoms. The van der Waals surface area contributed by atoms with Gasteiger partial charge < -0.3 is 10.4 Å². The molecule has 2 nitrogen and oxygen atoms in total. The summed E-state index contributed by atoms with van der Waals surface area (Å²) >= 11 is 3.18. The first-order valence-corrected chi connectivity index (χ1v) is 6.70. The van der Waals surface area contributed by atoms with Crippen LogP contribution in [0.15, 0.2) is 22.7 Å². The lowest BCUT2D eigenvalue weighted by molar-refractivity contribution is -0.0329. The van der Waals surface area contributed by atoms with Gasteiger partial charge in [0.15, 0.2) is 0 Å². The molecule has 4 heteroatoms. The monoisotopic (exact) mass is 301 g/mol. The fourth-order valence-electron chi connectivity index (χ4n) is 2.00. The predicted molar refractivity (Wildman–Crippen MR) is 69.3 cm³/mol. The van der Waals surface area contributed by atoms with E-state index in [1.54, 1.807) is 12.1 Å². The fourth-order valence-corrected chi connectivity index (χ4v) is 2.40. The highest BCUT2D eigenvalue weighted by molar-refractivity contribution is 9.10. The second-order valence-electron chi connectivity index (χ2n) is 4.85. The Morgan fingerprint density at radius 3 is 2.76 bits per heavy atom. The quantitative estimate of drug-likeness (QED) is 0.895. The van der Waals surface area contributed by atoms with E-state index in [0.29, 0.717) is 11.0 Å². The maximum atomic E-state index is 13.1. The van der Waals surface area contributed by atoms with Crippen LogP contribution in [0, 0.1) is 5.82 Å². The van der Waals surface area contributed by atoms with Crippen LogP contribution in [0.1, 0.15) is 37.8 Å². The Morgan fingerprint density at radius 2 is 2.24 bits per heavy atom. The van der Waals surface area contributed by atoms with E-state index in [0.717, 1.165) is 24.8 Å². The lowest BCUT2D eigenvalue weighted by atomic mass is 9.80. The topological polar surface area (TPSA) is 32.3 Å². The summed E-state index contributed by atoms with van der Waals surface area (Å²) in [5.41, 5.74) is 0.493. The van der Waals surface area contributed by atoms with Crippen LogP contribution in [0.3, 0.4) is 0 Å². The highest BCUT2D eigenvalue weighted by Crippen LogP contribution is 2.31. The molecule has 1 fully saturated rings. The summed E-state index contributed by atoms with van der Waals surface area (Å²) in [6, 6.07) is 5.10. The molecule has 0 amide bonds. The number of halogens is 2. The summed E-state index contributed by atoms with van der Waals surface area (Å²) in [7, 11) is 0. The first-order chi connectivity index (χ1) is 8.00. The fraction of sp³-hybridized carbons (Fsp3) is 0.538. The lowest BCUT2D eigenvalue weighted by Gasteiger charge is -2.37. The Hall–Kier alpha value is -0.450. The van der Waals surface area contributed by atoms with E-state index in [1.807, 2.05) is 6.92 Å². The predicted octanol–water partition coefficient (Wildman–Crippen LogP) is 3.15. The zero-order valence-electron chi connectivity index (χ0n) is 9.84. The van der Waals surface area contributed by atoms with Crippen LogP contribution in [0.25, 0.3) is 0 Å². The Morgan fingerprint density at radius 1 is 1.53 bits per heavy atom. The molecule has 1 aromatic rings. The van der Waals surface area contributed by atoms with Crippen molar-refractivity contribution in [2.24, 2.45) is 0 Å². The van der Waals surface area contributed by atoms with Crippen molar-refractivity contribution in [2.45, 2.75) is 37.8 Å². The van der Waals surface area contributed by atoms with Gasteiger partial charge in [-0.15, -0.1) is 0 Å². The van der Waals surface area contributed by atoms with E-state index >= 15 is 0 Å². The SMILES string of the molecule is CC(NCC1(O)CCC1)c1ccc(F)c(Br)c1. The van der Waals surface area contributed by atoms with E-state index in [4.69, 9.17) is 0 Å². The van der Waals surface area contributed by atoms with E-state index in [9.17, 15) is 9.50 Å². The smallest absolute Gasteiger partial charge is 0.137 e. The van der Waals surface area contributed by atoms with Crippen LogP contribution in [0.2, 0.25) is 0 Å². The lowest BCUT2D eigenvalue weighted by Crippen LogP contribution is -2.46. The summed E-state index contributed by atoms with van der Waals surface area (Å²) in [6.45, 7) is 2.62. The Bertz CT molecular complexity index is 406. The third-order valence-electron chi connectivity index (χ3n) is 3.47. The van der Waals surface area contributed by atoms with Gasteiger partial charge in [-0.05, 0) is 59.8 Å². The van der Waals surface area contributed by atoms with E-state index in [1.165, 1.54) is 6.07 Å². The maximum Gasteiger partial charge on any atom is 0.137 e. The average Bonchev–Trinajstić information content (AvgIpc) is 2.27. The number of benzene rings is 1. The second-order valence-corrected chi connectivity index (χ2v) is 5.71. The van der Waals surface area contributed by atoms with Crippen molar-refractivity contribution in [3.8, 4) is 0 Å². The average molecular weight is 302 g/mol.